The second-order valence-corrected chi connectivity index (χ2v) is 6.88. The zero-order valence-corrected chi connectivity index (χ0v) is 11.5. The van der Waals surface area contributed by atoms with Crippen LogP contribution in [0.4, 0.5) is 5.69 Å². The van der Waals surface area contributed by atoms with Gasteiger partial charge in [0.05, 0.1) is 22.9 Å². The lowest BCUT2D eigenvalue weighted by Gasteiger charge is -2.23. The Kier molecular flexibility index (Phi) is 4.16. The van der Waals surface area contributed by atoms with Crippen molar-refractivity contribution in [1.82, 2.24) is 10.3 Å². The van der Waals surface area contributed by atoms with E-state index in [4.69, 9.17) is 0 Å². The van der Waals surface area contributed by atoms with Gasteiger partial charge in [-0.1, -0.05) is 0 Å². The van der Waals surface area contributed by atoms with Gasteiger partial charge in [0.2, 0.25) is 5.91 Å². The first-order valence-electron chi connectivity index (χ1n) is 6.11. The summed E-state index contributed by atoms with van der Waals surface area (Å²) in [6.07, 6.45) is 1.80. The fraction of sp³-hybridized carbons (Fsp3) is 0.500. The predicted octanol–water partition coefficient (Wildman–Crippen LogP) is 0.105. The van der Waals surface area contributed by atoms with E-state index in [1.807, 2.05) is 0 Å². The first kappa shape index (κ1) is 14.0. The zero-order valence-electron chi connectivity index (χ0n) is 10.7. The Balaban J connectivity index is 1.93. The van der Waals surface area contributed by atoms with Gasteiger partial charge in [-0.15, -0.1) is 0 Å². The van der Waals surface area contributed by atoms with Gasteiger partial charge in [-0.3, -0.25) is 9.78 Å². The smallest absolute Gasteiger partial charge is 0.226 e. The molecule has 2 heterocycles. The Morgan fingerprint density at radius 1 is 1.58 bits per heavy atom. The van der Waals surface area contributed by atoms with Crippen molar-refractivity contribution in [3.63, 3.8) is 0 Å². The van der Waals surface area contributed by atoms with E-state index in [0.717, 1.165) is 5.69 Å². The van der Waals surface area contributed by atoms with E-state index in [-0.39, 0.29) is 29.9 Å². The van der Waals surface area contributed by atoms with E-state index >= 15 is 0 Å². The molecule has 0 saturated carbocycles. The van der Waals surface area contributed by atoms with E-state index in [2.05, 4.69) is 15.6 Å². The molecular formula is C12H17N3O3S. The quantitative estimate of drug-likeness (QED) is 0.821. The number of sulfone groups is 1. The van der Waals surface area contributed by atoms with Gasteiger partial charge in [0, 0.05) is 25.2 Å². The standard InChI is InChI=1S/C12H17N3O3S/c1-9-11(3-2-4-13-9)15-12(16)7-10-8-19(17,18)6-5-14-10/h2-4,10,14H,5-8H2,1H3,(H,15,16). The fourth-order valence-electron chi connectivity index (χ4n) is 2.04. The highest BCUT2D eigenvalue weighted by atomic mass is 32.2. The molecule has 1 amide bonds. The summed E-state index contributed by atoms with van der Waals surface area (Å²) >= 11 is 0. The summed E-state index contributed by atoms with van der Waals surface area (Å²) in [4.78, 5) is 15.9. The molecule has 2 N–H and O–H groups in total. The third kappa shape index (κ3) is 4.00. The number of rotatable bonds is 3. The summed E-state index contributed by atoms with van der Waals surface area (Å²) in [6.45, 7) is 2.21. The van der Waals surface area contributed by atoms with Gasteiger partial charge >= 0.3 is 0 Å². The van der Waals surface area contributed by atoms with Crippen LogP contribution >= 0.6 is 0 Å². The molecule has 1 fully saturated rings. The molecular weight excluding hydrogens is 266 g/mol. The van der Waals surface area contributed by atoms with Crippen molar-refractivity contribution in [2.45, 2.75) is 19.4 Å². The predicted molar refractivity (Wildman–Crippen MR) is 72.7 cm³/mol. The lowest BCUT2D eigenvalue weighted by atomic mass is 10.2. The van der Waals surface area contributed by atoms with Gasteiger partial charge in [-0.25, -0.2) is 8.42 Å². The number of aromatic nitrogens is 1. The molecule has 1 saturated heterocycles. The molecule has 6 nitrogen and oxygen atoms in total. The average molecular weight is 283 g/mol. The van der Waals surface area contributed by atoms with Crippen LogP contribution in [0, 0.1) is 6.92 Å². The van der Waals surface area contributed by atoms with Gasteiger partial charge in [0.1, 0.15) is 0 Å². The molecule has 1 aromatic heterocycles. The summed E-state index contributed by atoms with van der Waals surface area (Å²) in [6, 6.07) is 3.20. The van der Waals surface area contributed by atoms with Gasteiger partial charge in [-0.2, -0.15) is 0 Å². The van der Waals surface area contributed by atoms with E-state index in [9.17, 15) is 13.2 Å². The first-order valence-corrected chi connectivity index (χ1v) is 7.94. The summed E-state index contributed by atoms with van der Waals surface area (Å²) in [5.74, 6) is -0.0371. The Hall–Kier alpha value is -1.47. The summed E-state index contributed by atoms with van der Waals surface area (Å²) in [7, 11) is -3.01. The number of hydrogen-bond acceptors (Lipinski definition) is 5. The number of nitrogens with zero attached hydrogens (tertiary/aromatic N) is 1. The maximum Gasteiger partial charge on any atom is 0.226 e. The molecule has 19 heavy (non-hydrogen) atoms. The molecule has 7 heteroatoms. The molecule has 1 atom stereocenters. The summed E-state index contributed by atoms with van der Waals surface area (Å²) < 4.78 is 22.9. The molecule has 2 rings (SSSR count). The van der Waals surface area contributed by atoms with Crippen LogP contribution in [0.15, 0.2) is 18.3 Å². The molecule has 0 spiro atoms. The molecule has 1 aliphatic heterocycles. The highest BCUT2D eigenvalue weighted by Gasteiger charge is 2.26. The monoisotopic (exact) mass is 283 g/mol. The van der Waals surface area contributed by atoms with E-state index in [1.165, 1.54) is 0 Å². The summed E-state index contributed by atoms with van der Waals surface area (Å²) in [5, 5.41) is 5.80. The molecule has 0 aliphatic carbocycles. The average Bonchev–Trinajstić information content (AvgIpc) is 2.30. The van der Waals surface area contributed by atoms with Crippen LogP contribution in [-0.4, -0.2) is 43.4 Å². The minimum atomic E-state index is -3.01. The van der Waals surface area contributed by atoms with Crippen molar-refractivity contribution in [2.75, 3.05) is 23.4 Å². The van der Waals surface area contributed by atoms with E-state index in [0.29, 0.717) is 12.2 Å². The van der Waals surface area contributed by atoms with Crippen LogP contribution in [0.3, 0.4) is 0 Å². The van der Waals surface area contributed by atoms with Gasteiger partial charge in [0.15, 0.2) is 9.84 Å². The largest absolute Gasteiger partial charge is 0.324 e. The molecule has 1 aromatic rings. The minimum absolute atomic E-state index is 0.0203. The van der Waals surface area contributed by atoms with E-state index in [1.54, 1.807) is 25.3 Å². The van der Waals surface area contributed by atoms with Crippen LogP contribution in [0.1, 0.15) is 12.1 Å². The van der Waals surface area contributed by atoms with Crippen molar-refractivity contribution < 1.29 is 13.2 Å². The molecule has 1 aliphatic rings. The maximum absolute atomic E-state index is 11.9. The first-order chi connectivity index (χ1) is 8.96. The number of nitrogens with one attached hydrogen (secondary N) is 2. The lowest BCUT2D eigenvalue weighted by Crippen LogP contribution is -2.46. The SMILES string of the molecule is Cc1ncccc1NC(=O)CC1CS(=O)(=O)CCN1. The fourth-order valence-corrected chi connectivity index (χ4v) is 3.48. The Labute approximate surface area is 112 Å². The number of pyridine rings is 1. The van der Waals surface area contributed by atoms with Gasteiger partial charge in [-0.05, 0) is 19.1 Å². The Morgan fingerprint density at radius 3 is 3.05 bits per heavy atom. The number of aryl methyl sites for hydroxylation is 1. The zero-order chi connectivity index (χ0) is 13.9. The molecule has 0 radical (unpaired) electrons. The Bertz CT molecular complexity index is 571. The topological polar surface area (TPSA) is 88.2 Å². The Morgan fingerprint density at radius 2 is 2.37 bits per heavy atom. The number of carbonyl (C=O) groups is 1. The van der Waals surface area contributed by atoms with Crippen molar-refractivity contribution in [2.24, 2.45) is 0 Å². The number of anilines is 1. The van der Waals surface area contributed by atoms with Crippen LogP contribution in [0.25, 0.3) is 0 Å². The highest BCUT2D eigenvalue weighted by Crippen LogP contribution is 2.12. The van der Waals surface area contributed by atoms with Crippen molar-refractivity contribution in [1.29, 1.82) is 0 Å². The van der Waals surface area contributed by atoms with Crippen molar-refractivity contribution >= 4 is 21.4 Å². The highest BCUT2D eigenvalue weighted by molar-refractivity contribution is 7.91. The number of carbonyl (C=O) groups excluding carboxylic acids is 1. The summed E-state index contributed by atoms with van der Waals surface area (Å²) in [5.41, 5.74) is 1.39. The molecule has 0 aromatic carbocycles. The second kappa shape index (κ2) is 5.66. The molecule has 104 valence electrons. The third-order valence-corrected chi connectivity index (χ3v) is 4.75. The van der Waals surface area contributed by atoms with Crippen LogP contribution in [0.5, 0.6) is 0 Å². The third-order valence-electron chi connectivity index (χ3n) is 3.01. The van der Waals surface area contributed by atoms with Crippen LogP contribution < -0.4 is 10.6 Å². The lowest BCUT2D eigenvalue weighted by molar-refractivity contribution is -0.116. The van der Waals surface area contributed by atoms with Gasteiger partial charge in [0.25, 0.3) is 0 Å². The van der Waals surface area contributed by atoms with Crippen molar-refractivity contribution in [3.05, 3.63) is 24.0 Å². The van der Waals surface area contributed by atoms with E-state index < -0.39 is 9.84 Å². The number of amides is 1. The van der Waals surface area contributed by atoms with Gasteiger partial charge < -0.3 is 10.6 Å². The van der Waals surface area contributed by atoms with Crippen molar-refractivity contribution in [3.8, 4) is 0 Å². The number of hydrogen-bond donors (Lipinski definition) is 2. The molecule has 1 unspecified atom stereocenters. The molecule has 0 bridgehead atoms. The second-order valence-electron chi connectivity index (χ2n) is 4.65. The van der Waals surface area contributed by atoms with Crippen LogP contribution in [-0.2, 0) is 14.6 Å². The maximum atomic E-state index is 11.9. The normalized spacial score (nSPS) is 21.8. The minimum Gasteiger partial charge on any atom is -0.324 e. The van der Waals surface area contributed by atoms with Crippen LogP contribution in [0.2, 0.25) is 0 Å².